The Hall–Kier alpha value is -0.650. The van der Waals surface area contributed by atoms with Crippen LogP contribution in [-0.2, 0) is 14.3 Å². The van der Waals surface area contributed by atoms with Gasteiger partial charge in [0, 0.05) is 39.8 Å². The summed E-state index contributed by atoms with van der Waals surface area (Å²) in [6.45, 7) is 9.85. The Morgan fingerprint density at radius 2 is 2.00 bits per heavy atom. The number of likely N-dealkylation sites (tertiary alicyclic amines) is 1. The molecule has 2 rings (SSSR count). The van der Waals surface area contributed by atoms with Crippen LogP contribution in [0.15, 0.2) is 0 Å². The zero-order chi connectivity index (χ0) is 16.9. The molecule has 0 aliphatic carbocycles. The van der Waals surface area contributed by atoms with Gasteiger partial charge in [0.2, 0.25) is 5.91 Å². The van der Waals surface area contributed by atoms with Gasteiger partial charge < -0.3 is 19.3 Å². The Morgan fingerprint density at radius 3 is 2.61 bits per heavy atom. The lowest BCUT2D eigenvalue weighted by Gasteiger charge is -2.38. The van der Waals surface area contributed by atoms with Crippen molar-refractivity contribution in [3.8, 4) is 0 Å². The van der Waals surface area contributed by atoms with Crippen LogP contribution in [0.2, 0.25) is 0 Å². The van der Waals surface area contributed by atoms with Gasteiger partial charge in [-0.3, -0.25) is 4.79 Å². The van der Waals surface area contributed by atoms with Crippen molar-refractivity contribution in [1.82, 2.24) is 9.80 Å². The number of carbonyl (C=O) groups is 1. The highest BCUT2D eigenvalue weighted by Crippen LogP contribution is 2.30. The number of ether oxygens (including phenoxy) is 2. The van der Waals surface area contributed by atoms with Gasteiger partial charge in [0.15, 0.2) is 0 Å². The molecule has 2 aliphatic rings. The number of hydrogen-bond acceptors (Lipinski definition) is 4. The summed E-state index contributed by atoms with van der Waals surface area (Å²) >= 11 is 0. The van der Waals surface area contributed by atoms with Gasteiger partial charge in [-0.25, -0.2) is 0 Å². The van der Waals surface area contributed by atoms with Crippen molar-refractivity contribution in [3.63, 3.8) is 0 Å². The molecule has 2 aliphatic heterocycles. The van der Waals surface area contributed by atoms with Crippen LogP contribution in [-0.4, -0.2) is 74.9 Å². The highest BCUT2D eigenvalue weighted by molar-refractivity contribution is 5.78. The maximum atomic E-state index is 12.7. The van der Waals surface area contributed by atoms with Crippen molar-refractivity contribution in [2.75, 3.05) is 53.6 Å². The summed E-state index contributed by atoms with van der Waals surface area (Å²) in [6.07, 6.45) is 4.06. The minimum Gasteiger partial charge on any atom is -0.383 e. The van der Waals surface area contributed by atoms with E-state index in [0.717, 1.165) is 45.6 Å². The first-order valence-electron chi connectivity index (χ1n) is 9.01. The average molecular weight is 326 g/mol. The number of rotatable bonds is 6. The van der Waals surface area contributed by atoms with Crippen LogP contribution in [0.3, 0.4) is 0 Å². The Bertz CT molecular complexity index is 378. The number of methoxy groups -OCH3 is 1. The van der Waals surface area contributed by atoms with Gasteiger partial charge in [0.25, 0.3) is 0 Å². The van der Waals surface area contributed by atoms with Gasteiger partial charge in [-0.15, -0.1) is 0 Å². The quantitative estimate of drug-likeness (QED) is 0.749. The highest BCUT2D eigenvalue weighted by Gasteiger charge is 2.34. The second-order valence-electron chi connectivity index (χ2n) is 7.79. The van der Waals surface area contributed by atoms with Gasteiger partial charge in [-0.05, 0) is 58.5 Å². The molecule has 0 bridgehead atoms. The van der Waals surface area contributed by atoms with Crippen LogP contribution in [0.25, 0.3) is 0 Å². The summed E-state index contributed by atoms with van der Waals surface area (Å²) in [5.74, 6) is 1.07. The van der Waals surface area contributed by atoms with E-state index in [1.165, 1.54) is 12.8 Å². The first-order chi connectivity index (χ1) is 10.9. The Balaban J connectivity index is 1.74. The van der Waals surface area contributed by atoms with Gasteiger partial charge >= 0.3 is 0 Å². The molecule has 1 atom stereocenters. The van der Waals surface area contributed by atoms with Crippen molar-refractivity contribution < 1.29 is 14.3 Å². The van der Waals surface area contributed by atoms with E-state index in [9.17, 15) is 4.79 Å². The van der Waals surface area contributed by atoms with E-state index in [4.69, 9.17) is 9.47 Å². The Labute approximate surface area is 141 Å². The molecule has 0 aromatic rings. The molecule has 23 heavy (non-hydrogen) atoms. The molecule has 2 heterocycles. The highest BCUT2D eigenvalue weighted by atomic mass is 16.5. The largest absolute Gasteiger partial charge is 0.383 e. The third-order valence-electron chi connectivity index (χ3n) is 5.27. The summed E-state index contributed by atoms with van der Waals surface area (Å²) in [5, 5.41) is 0. The number of piperidine rings is 1. The molecule has 0 aromatic carbocycles. The zero-order valence-electron chi connectivity index (χ0n) is 15.3. The third-order valence-corrected chi connectivity index (χ3v) is 5.27. The number of amides is 1. The van der Waals surface area contributed by atoms with E-state index in [0.29, 0.717) is 18.4 Å². The molecule has 134 valence electrons. The summed E-state index contributed by atoms with van der Waals surface area (Å²) in [4.78, 5) is 17.1. The molecule has 0 spiro atoms. The first-order valence-corrected chi connectivity index (χ1v) is 9.01. The minimum atomic E-state index is -0.161. The van der Waals surface area contributed by atoms with Crippen LogP contribution >= 0.6 is 0 Å². The second kappa shape index (κ2) is 8.45. The van der Waals surface area contributed by atoms with Crippen molar-refractivity contribution >= 4 is 5.91 Å². The molecule has 0 aromatic heterocycles. The molecular weight excluding hydrogens is 292 g/mol. The molecule has 5 heteroatoms. The molecular formula is C18H34N2O3. The summed E-state index contributed by atoms with van der Waals surface area (Å²) < 4.78 is 10.9. The first kappa shape index (κ1) is 18.7. The number of nitrogens with zero attached hydrogens (tertiary/aromatic N) is 2. The molecule has 0 unspecified atom stereocenters. The third kappa shape index (κ3) is 5.73. The average Bonchev–Trinajstić information content (AvgIpc) is 2.52. The number of hydrogen-bond donors (Lipinski definition) is 0. The van der Waals surface area contributed by atoms with Crippen LogP contribution in [0.5, 0.6) is 0 Å². The minimum absolute atomic E-state index is 0.130. The molecule has 2 fully saturated rings. The summed E-state index contributed by atoms with van der Waals surface area (Å²) in [5.41, 5.74) is -0.161. The molecule has 5 nitrogen and oxygen atoms in total. The van der Waals surface area contributed by atoms with Crippen molar-refractivity contribution in [1.29, 1.82) is 0 Å². The van der Waals surface area contributed by atoms with E-state index in [1.807, 2.05) is 11.9 Å². The topological polar surface area (TPSA) is 42.0 Å². The standard InChI is InChI=1S/C18H34N2O3/c1-18(2)13-16(7-11-23-18)17(21)19(3)14-15-5-8-20(9-6-15)10-12-22-4/h15-16H,5-14H2,1-4H3/t16-/m0/s1. The lowest BCUT2D eigenvalue weighted by atomic mass is 9.87. The maximum absolute atomic E-state index is 12.7. The normalized spacial score (nSPS) is 26.2. The summed E-state index contributed by atoms with van der Waals surface area (Å²) in [7, 11) is 3.73. The van der Waals surface area contributed by atoms with Gasteiger partial charge in [0.1, 0.15) is 0 Å². The van der Waals surface area contributed by atoms with Gasteiger partial charge in [0.05, 0.1) is 12.2 Å². The van der Waals surface area contributed by atoms with E-state index < -0.39 is 0 Å². The van der Waals surface area contributed by atoms with E-state index in [-0.39, 0.29) is 11.5 Å². The fraction of sp³-hybridized carbons (Fsp3) is 0.944. The monoisotopic (exact) mass is 326 g/mol. The van der Waals surface area contributed by atoms with Crippen molar-refractivity contribution in [2.24, 2.45) is 11.8 Å². The molecule has 1 amide bonds. The predicted octanol–water partition coefficient (Wildman–Crippen LogP) is 2.01. The molecule has 0 radical (unpaired) electrons. The lowest BCUT2D eigenvalue weighted by Crippen LogP contribution is -2.45. The molecule has 2 saturated heterocycles. The Kier molecular flexibility index (Phi) is 6.86. The van der Waals surface area contributed by atoms with Crippen molar-refractivity contribution in [3.05, 3.63) is 0 Å². The van der Waals surface area contributed by atoms with E-state index >= 15 is 0 Å². The maximum Gasteiger partial charge on any atom is 0.225 e. The Morgan fingerprint density at radius 1 is 1.30 bits per heavy atom. The van der Waals surface area contributed by atoms with Crippen LogP contribution < -0.4 is 0 Å². The fourth-order valence-corrected chi connectivity index (χ4v) is 3.84. The van der Waals surface area contributed by atoms with Gasteiger partial charge in [-0.2, -0.15) is 0 Å². The van der Waals surface area contributed by atoms with E-state index in [2.05, 4.69) is 18.7 Å². The molecule has 0 N–H and O–H groups in total. The second-order valence-corrected chi connectivity index (χ2v) is 7.79. The van der Waals surface area contributed by atoms with Gasteiger partial charge in [-0.1, -0.05) is 0 Å². The SMILES string of the molecule is COCCN1CCC(CN(C)C(=O)[C@H]2CCOC(C)(C)C2)CC1. The van der Waals surface area contributed by atoms with Crippen LogP contribution in [0.4, 0.5) is 0 Å². The number of carbonyl (C=O) groups excluding carboxylic acids is 1. The fourth-order valence-electron chi connectivity index (χ4n) is 3.84. The predicted molar refractivity (Wildman–Crippen MR) is 91.4 cm³/mol. The smallest absolute Gasteiger partial charge is 0.225 e. The van der Waals surface area contributed by atoms with Crippen molar-refractivity contribution in [2.45, 2.75) is 45.1 Å². The van der Waals surface area contributed by atoms with Crippen LogP contribution in [0, 0.1) is 11.8 Å². The van der Waals surface area contributed by atoms with E-state index in [1.54, 1.807) is 7.11 Å². The summed E-state index contributed by atoms with van der Waals surface area (Å²) in [6, 6.07) is 0. The van der Waals surface area contributed by atoms with Crippen LogP contribution in [0.1, 0.15) is 39.5 Å². The molecule has 0 saturated carbocycles. The zero-order valence-corrected chi connectivity index (χ0v) is 15.3. The lowest BCUT2D eigenvalue weighted by molar-refractivity contribution is -0.144.